The van der Waals surface area contributed by atoms with Crippen molar-refractivity contribution in [3.05, 3.63) is 112 Å². The molecule has 1 fully saturated rings. The Bertz CT molecular complexity index is 1250. The lowest BCUT2D eigenvalue weighted by Crippen LogP contribution is -2.29. The lowest BCUT2D eigenvalue weighted by atomic mass is 10.0. The molecule has 0 bridgehead atoms. The molecule has 1 aliphatic heterocycles. The standard InChI is InChI=1S/C25H19Cl2N3OS/c26-17-9-10-18(19(27)14-17)21-11-12-22(31-21)24-23(20-8-4-5-13-28-20)29-25(32)30(24)15-16-6-2-1-3-7-16/h1-14,23-24H,15H2,(H,29,32)/t23-,24+/m0/s1. The molecule has 1 N–H and O–H groups in total. The topological polar surface area (TPSA) is 41.3 Å². The molecular formula is C25H19Cl2N3OS. The van der Waals surface area contributed by atoms with E-state index in [2.05, 4.69) is 27.3 Å². The van der Waals surface area contributed by atoms with Crippen molar-refractivity contribution < 1.29 is 4.42 Å². The molecule has 2 aromatic carbocycles. The maximum absolute atomic E-state index is 6.42. The van der Waals surface area contributed by atoms with Crippen LogP contribution in [0.3, 0.4) is 0 Å². The third-order valence-corrected chi connectivity index (χ3v) is 6.41. The Hall–Kier alpha value is -2.86. The van der Waals surface area contributed by atoms with Gasteiger partial charge in [-0.3, -0.25) is 4.98 Å². The number of pyridine rings is 1. The van der Waals surface area contributed by atoms with Crippen LogP contribution in [0.4, 0.5) is 0 Å². The number of thiocarbonyl (C=S) groups is 1. The zero-order valence-corrected chi connectivity index (χ0v) is 19.2. The van der Waals surface area contributed by atoms with E-state index in [0.717, 1.165) is 22.6 Å². The van der Waals surface area contributed by atoms with Gasteiger partial charge in [-0.15, -0.1) is 0 Å². The van der Waals surface area contributed by atoms with E-state index in [0.29, 0.717) is 27.5 Å². The van der Waals surface area contributed by atoms with Crippen LogP contribution in [0, 0.1) is 0 Å². The van der Waals surface area contributed by atoms with Crippen molar-refractivity contribution in [1.82, 2.24) is 15.2 Å². The van der Waals surface area contributed by atoms with E-state index in [1.165, 1.54) is 0 Å². The molecule has 0 radical (unpaired) electrons. The number of hydrogen-bond donors (Lipinski definition) is 1. The molecule has 2 aromatic heterocycles. The van der Waals surface area contributed by atoms with Crippen LogP contribution in [0.2, 0.25) is 10.0 Å². The van der Waals surface area contributed by atoms with E-state index >= 15 is 0 Å². The van der Waals surface area contributed by atoms with Gasteiger partial charge in [-0.2, -0.15) is 0 Å². The average Bonchev–Trinajstić information content (AvgIpc) is 3.40. The third kappa shape index (κ3) is 4.11. The van der Waals surface area contributed by atoms with Crippen molar-refractivity contribution in [2.75, 3.05) is 0 Å². The van der Waals surface area contributed by atoms with Crippen molar-refractivity contribution in [2.24, 2.45) is 0 Å². The monoisotopic (exact) mass is 479 g/mol. The van der Waals surface area contributed by atoms with Gasteiger partial charge in [0.05, 0.1) is 16.8 Å². The van der Waals surface area contributed by atoms with E-state index in [1.54, 1.807) is 18.3 Å². The van der Waals surface area contributed by atoms with Crippen molar-refractivity contribution in [3.8, 4) is 11.3 Å². The van der Waals surface area contributed by atoms with E-state index in [1.807, 2.05) is 54.6 Å². The van der Waals surface area contributed by atoms with Crippen molar-refractivity contribution in [3.63, 3.8) is 0 Å². The van der Waals surface area contributed by atoms with Gasteiger partial charge in [0, 0.05) is 23.3 Å². The van der Waals surface area contributed by atoms with Gasteiger partial charge in [-0.25, -0.2) is 0 Å². The fraction of sp³-hybridized carbons (Fsp3) is 0.120. The molecule has 0 spiro atoms. The van der Waals surface area contributed by atoms with Crippen LogP contribution < -0.4 is 5.32 Å². The maximum atomic E-state index is 6.42. The van der Waals surface area contributed by atoms with Crippen molar-refractivity contribution >= 4 is 40.5 Å². The van der Waals surface area contributed by atoms with E-state index < -0.39 is 0 Å². The molecule has 3 heterocycles. The molecule has 7 heteroatoms. The van der Waals surface area contributed by atoms with Gasteiger partial charge in [0.1, 0.15) is 17.6 Å². The molecule has 0 unspecified atom stereocenters. The molecule has 5 rings (SSSR count). The van der Waals surface area contributed by atoms with Crippen LogP contribution in [0.1, 0.15) is 29.1 Å². The fourth-order valence-electron chi connectivity index (χ4n) is 4.01. The molecule has 1 aliphatic rings. The highest BCUT2D eigenvalue weighted by Gasteiger charge is 2.41. The second-order valence-corrected chi connectivity index (χ2v) is 8.80. The van der Waals surface area contributed by atoms with Gasteiger partial charge in [-0.05, 0) is 60.2 Å². The highest BCUT2D eigenvalue weighted by atomic mass is 35.5. The molecule has 0 amide bonds. The maximum Gasteiger partial charge on any atom is 0.170 e. The Morgan fingerprint density at radius 2 is 1.78 bits per heavy atom. The number of halogens is 2. The predicted molar refractivity (Wildman–Crippen MR) is 132 cm³/mol. The average molecular weight is 480 g/mol. The largest absolute Gasteiger partial charge is 0.459 e. The third-order valence-electron chi connectivity index (χ3n) is 5.51. The molecule has 1 saturated heterocycles. The minimum absolute atomic E-state index is 0.146. The van der Waals surface area contributed by atoms with Crippen LogP contribution in [0.25, 0.3) is 11.3 Å². The Balaban J connectivity index is 1.55. The number of hydrogen-bond acceptors (Lipinski definition) is 3. The van der Waals surface area contributed by atoms with Crippen LogP contribution in [-0.4, -0.2) is 15.0 Å². The number of furan rings is 1. The van der Waals surface area contributed by atoms with Crippen LogP contribution in [0.15, 0.2) is 89.5 Å². The first-order valence-electron chi connectivity index (χ1n) is 10.2. The summed E-state index contributed by atoms with van der Waals surface area (Å²) in [5.74, 6) is 1.46. The van der Waals surface area contributed by atoms with Gasteiger partial charge in [0.25, 0.3) is 0 Å². The summed E-state index contributed by atoms with van der Waals surface area (Å²) in [6, 6.07) is 25.1. The number of nitrogens with one attached hydrogen (secondary N) is 1. The summed E-state index contributed by atoms with van der Waals surface area (Å²) in [7, 11) is 0. The Kier molecular flexibility index (Phi) is 5.87. The first-order chi connectivity index (χ1) is 15.6. The highest BCUT2D eigenvalue weighted by molar-refractivity contribution is 7.80. The zero-order chi connectivity index (χ0) is 22.1. The van der Waals surface area contributed by atoms with Crippen LogP contribution >= 0.6 is 35.4 Å². The molecule has 0 saturated carbocycles. The summed E-state index contributed by atoms with van der Waals surface area (Å²) < 4.78 is 6.35. The fourth-order valence-corrected chi connectivity index (χ4v) is 4.82. The summed E-state index contributed by atoms with van der Waals surface area (Å²) in [4.78, 5) is 6.72. The molecule has 4 aromatic rings. The van der Waals surface area contributed by atoms with Crippen molar-refractivity contribution in [1.29, 1.82) is 0 Å². The summed E-state index contributed by atoms with van der Waals surface area (Å²) in [6.45, 7) is 0.651. The lowest BCUT2D eigenvalue weighted by Gasteiger charge is -2.26. The first-order valence-corrected chi connectivity index (χ1v) is 11.3. The van der Waals surface area contributed by atoms with Gasteiger partial charge in [0.15, 0.2) is 5.11 Å². The summed E-state index contributed by atoms with van der Waals surface area (Å²) in [6.07, 6.45) is 1.79. The molecule has 32 heavy (non-hydrogen) atoms. The summed E-state index contributed by atoms with van der Waals surface area (Å²) in [5.41, 5.74) is 2.86. The smallest absolute Gasteiger partial charge is 0.170 e. The van der Waals surface area contributed by atoms with E-state index in [-0.39, 0.29) is 12.1 Å². The Morgan fingerprint density at radius 3 is 2.53 bits per heavy atom. The van der Waals surface area contributed by atoms with Gasteiger partial charge in [0.2, 0.25) is 0 Å². The van der Waals surface area contributed by atoms with E-state index in [9.17, 15) is 0 Å². The minimum atomic E-state index is -0.169. The normalized spacial score (nSPS) is 18.1. The minimum Gasteiger partial charge on any atom is -0.459 e. The van der Waals surface area contributed by atoms with Gasteiger partial charge >= 0.3 is 0 Å². The predicted octanol–water partition coefficient (Wildman–Crippen LogP) is 6.82. The molecule has 4 nitrogen and oxygen atoms in total. The molecular weight excluding hydrogens is 461 g/mol. The number of rotatable bonds is 5. The van der Waals surface area contributed by atoms with Crippen molar-refractivity contribution in [2.45, 2.75) is 18.6 Å². The van der Waals surface area contributed by atoms with Crippen LogP contribution in [-0.2, 0) is 6.54 Å². The summed E-state index contributed by atoms with van der Waals surface area (Å²) >= 11 is 18.2. The van der Waals surface area contributed by atoms with Crippen LogP contribution in [0.5, 0.6) is 0 Å². The number of aromatic nitrogens is 1. The Morgan fingerprint density at radius 1 is 0.969 bits per heavy atom. The van der Waals surface area contributed by atoms with Gasteiger partial charge < -0.3 is 14.6 Å². The molecule has 2 atom stereocenters. The quantitative estimate of drug-likeness (QED) is 0.318. The second-order valence-electron chi connectivity index (χ2n) is 7.57. The Labute approximate surface area is 201 Å². The summed E-state index contributed by atoms with van der Waals surface area (Å²) in [5, 5.41) is 5.24. The first kappa shape index (κ1) is 21.0. The molecule has 160 valence electrons. The zero-order valence-electron chi connectivity index (χ0n) is 16.9. The number of benzene rings is 2. The number of nitrogens with zero attached hydrogens (tertiary/aromatic N) is 2. The van der Waals surface area contributed by atoms with Gasteiger partial charge in [-0.1, -0.05) is 59.6 Å². The molecule has 0 aliphatic carbocycles. The second kappa shape index (κ2) is 8.94. The SMILES string of the molecule is S=C1N[C@@H](c2ccccn2)[C@@H](c2ccc(-c3ccc(Cl)cc3Cl)o2)N1Cc1ccccc1. The lowest BCUT2D eigenvalue weighted by molar-refractivity contribution is 0.269. The van der Waals surface area contributed by atoms with E-state index in [4.69, 9.17) is 39.8 Å². The highest BCUT2D eigenvalue weighted by Crippen LogP contribution is 2.42.